The van der Waals surface area contributed by atoms with Gasteiger partial charge in [-0.3, -0.25) is 0 Å². The lowest BCUT2D eigenvalue weighted by Gasteiger charge is -2.35. The molecular formula is C16H21N5O4. The lowest BCUT2D eigenvalue weighted by Crippen LogP contribution is -2.50. The number of hydrogen-bond donors (Lipinski definition) is 1. The largest absolute Gasteiger partial charge is 0.477 e. The molecule has 1 fully saturated rings. The van der Waals surface area contributed by atoms with Crippen LogP contribution in [0.5, 0.6) is 0 Å². The Labute approximate surface area is 144 Å². The number of carboxylic acids is 1. The second-order valence-electron chi connectivity index (χ2n) is 6.85. The Bertz CT molecular complexity index is 802. The van der Waals surface area contributed by atoms with Crippen LogP contribution >= 0.6 is 0 Å². The summed E-state index contributed by atoms with van der Waals surface area (Å²) in [6.45, 7) is 7.30. The molecule has 0 radical (unpaired) electrons. The minimum Gasteiger partial charge on any atom is -0.477 e. The number of anilines is 1. The first-order chi connectivity index (χ1) is 11.8. The molecule has 0 atom stereocenters. The number of carbonyl (C=O) groups excluding carboxylic acids is 1. The van der Waals surface area contributed by atoms with E-state index in [1.165, 1.54) is 10.7 Å². The van der Waals surface area contributed by atoms with Gasteiger partial charge in [0.05, 0.1) is 0 Å². The Balaban J connectivity index is 1.77. The van der Waals surface area contributed by atoms with E-state index in [-0.39, 0.29) is 11.7 Å². The number of amides is 1. The molecule has 0 bridgehead atoms. The zero-order chi connectivity index (χ0) is 18.2. The number of ether oxygens (including phenoxy) is 1. The number of fused-ring (bicyclic) bond motifs is 1. The van der Waals surface area contributed by atoms with Gasteiger partial charge in [-0.05, 0) is 26.8 Å². The van der Waals surface area contributed by atoms with E-state index < -0.39 is 11.6 Å². The van der Waals surface area contributed by atoms with E-state index in [1.54, 1.807) is 17.2 Å². The van der Waals surface area contributed by atoms with Crippen molar-refractivity contribution in [3.63, 3.8) is 0 Å². The highest BCUT2D eigenvalue weighted by Gasteiger charge is 2.30. The van der Waals surface area contributed by atoms with Gasteiger partial charge in [-0.25, -0.2) is 19.1 Å². The van der Waals surface area contributed by atoms with Gasteiger partial charge in [-0.15, -0.1) is 5.10 Å². The average molecular weight is 347 g/mol. The summed E-state index contributed by atoms with van der Waals surface area (Å²) < 4.78 is 6.83. The summed E-state index contributed by atoms with van der Waals surface area (Å²) in [5.74, 6) is -0.701. The zero-order valence-electron chi connectivity index (χ0n) is 14.5. The quantitative estimate of drug-likeness (QED) is 0.878. The van der Waals surface area contributed by atoms with E-state index in [0.29, 0.717) is 37.6 Å². The number of hydrogen-bond acceptors (Lipinski definition) is 6. The van der Waals surface area contributed by atoms with Gasteiger partial charge in [-0.1, -0.05) is 0 Å². The molecule has 9 heteroatoms. The maximum absolute atomic E-state index is 12.1. The van der Waals surface area contributed by atoms with Crippen LogP contribution in [-0.2, 0) is 4.74 Å². The summed E-state index contributed by atoms with van der Waals surface area (Å²) in [6.07, 6.45) is 2.84. The maximum Gasteiger partial charge on any atom is 0.410 e. The van der Waals surface area contributed by atoms with Gasteiger partial charge in [-0.2, -0.15) is 0 Å². The van der Waals surface area contributed by atoms with Crippen molar-refractivity contribution in [2.75, 3.05) is 31.1 Å². The average Bonchev–Trinajstić information content (AvgIpc) is 2.93. The van der Waals surface area contributed by atoms with Gasteiger partial charge in [0.15, 0.2) is 11.5 Å². The summed E-state index contributed by atoms with van der Waals surface area (Å²) in [5, 5.41) is 13.9. The van der Waals surface area contributed by atoms with Crippen LogP contribution in [0.15, 0.2) is 18.5 Å². The first-order valence-corrected chi connectivity index (χ1v) is 8.06. The highest BCUT2D eigenvalue weighted by Crippen LogP contribution is 2.24. The minimum absolute atomic E-state index is 0.0753. The molecule has 3 heterocycles. The second-order valence-corrected chi connectivity index (χ2v) is 6.85. The van der Waals surface area contributed by atoms with Gasteiger partial charge < -0.3 is 19.6 Å². The molecule has 1 aliphatic heterocycles. The van der Waals surface area contributed by atoms with E-state index in [2.05, 4.69) is 10.1 Å². The Morgan fingerprint density at radius 3 is 2.48 bits per heavy atom. The standard InChI is InChI=1S/C16H21N5O4/c1-16(2,3)25-15(24)20-9-7-19(8-10-20)13-11(14(22)23)12-17-5-4-6-21(12)18-13/h4-6H,7-10H2,1-3H3,(H,22,23). The van der Waals surface area contributed by atoms with Gasteiger partial charge in [0.25, 0.3) is 0 Å². The molecule has 0 saturated carbocycles. The van der Waals surface area contributed by atoms with Crippen LogP contribution in [0.25, 0.3) is 5.65 Å². The zero-order valence-corrected chi connectivity index (χ0v) is 14.5. The molecule has 2 aromatic rings. The lowest BCUT2D eigenvalue weighted by molar-refractivity contribution is 0.0239. The fraction of sp³-hybridized carbons (Fsp3) is 0.500. The predicted molar refractivity (Wildman–Crippen MR) is 90.0 cm³/mol. The van der Waals surface area contributed by atoms with Gasteiger partial charge in [0, 0.05) is 38.6 Å². The number of piperazine rings is 1. The van der Waals surface area contributed by atoms with Crippen molar-refractivity contribution in [2.24, 2.45) is 0 Å². The van der Waals surface area contributed by atoms with E-state index in [4.69, 9.17) is 4.74 Å². The van der Waals surface area contributed by atoms with E-state index >= 15 is 0 Å². The molecule has 2 aromatic heterocycles. The molecule has 1 saturated heterocycles. The minimum atomic E-state index is -1.07. The molecular weight excluding hydrogens is 326 g/mol. The Morgan fingerprint density at radius 1 is 1.20 bits per heavy atom. The van der Waals surface area contributed by atoms with Crippen molar-refractivity contribution in [1.29, 1.82) is 0 Å². The fourth-order valence-corrected chi connectivity index (χ4v) is 2.72. The number of nitrogens with zero attached hydrogens (tertiary/aromatic N) is 5. The monoisotopic (exact) mass is 347 g/mol. The first kappa shape index (κ1) is 17.0. The molecule has 1 N–H and O–H groups in total. The lowest BCUT2D eigenvalue weighted by atomic mass is 10.2. The number of rotatable bonds is 2. The van der Waals surface area contributed by atoms with Gasteiger partial charge in [0.1, 0.15) is 11.2 Å². The summed E-state index contributed by atoms with van der Waals surface area (Å²) in [5.41, 5.74) is -0.163. The summed E-state index contributed by atoms with van der Waals surface area (Å²) in [4.78, 5) is 31.4. The van der Waals surface area contributed by atoms with Crippen LogP contribution in [0.3, 0.4) is 0 Å². The molecule has 0 aliphatic carbocycles. The van der Waals surface area contributed by atoms with Crippen LogP contribution in [0.2, 0.25) is 0 Å². The van der Waals surface area contributed by atoms with Crippen LogP contribution in [0.4, 0.5) is 10.6 Å². The molecule has 25 heavy (non-hydrogen) atoms. The van der Waals surface area contributed by atoms with Crippen molar-refractivity contribution >= 4 is 23.5 Å². The molecule has 3 rings (SSSR count). The van der Waals surface area contributed by atoms with Crippen LogP contribution < -0.4 is 4.90 Å². The van der Waals surface area contributed by atoms with E-state index in [9.17, 15) is 14.7 Å². The summed E-state index contributed by atoms with van der Waals surface area (Å²) >= 11 is 0. The maximum atomic E-state index is 12.1. The fourth-order valence-electron chi connectivity index (χ4n) is 2.72. The Morgan fingerprint density at radius 2 is 1.88 bits per heavy atom. The van der Waals surface area contributed by atoms with E-state index in [1.807, 2.05) is 25.7 Å². The van der Waals surface area contributed by atoms with Gasteiger partial charge >= 0.3 is 12.1 Å². The number of aromatic nitrogens is 3. The smallest absolute Gasteiger partial charge is 0.410 e. The third kappa shape index (κ3) is 3.49. The molecule has 0 unspecified atom stereocenters. The van der Waals surface area contributed by atoms with Crippen molar-refractivity contribution < 1.29 is 19.4 Å². The highest BCUT2D eigenvalue weighted by atomic mass is 16.6. The molecule has 1 amide bonds. The van der Waals surface area contributed by atoms with E-state index in [0.717, 1.165) is 0 Å². The molecule has 9 nitrogen and oxygen atoms in total. The topological polar surface area (TPSA) is 100 Å². The van der Waals surface area contributed by atoms with Crippen LogP contribution in [0, 0.1) is 0 Å². The van der Waals surface area contributed by atoms with Crippen LogP contribution in [0.1, 0.15) is 31.1 Å². The third-order valence-corrected chi connectivity index (χ3v) is 3.82. The first-order valence-electron chi connectivity index (χ1n) is 8.06. The van der Waals surface area contributed by atoms with Crippen molar-refractivity contribution in [2.45, 2.75) is 26.4 Å². The van der Waals surface area contributed by atoms with Crippen LogP contribution in [-0.4, -0.2) is 68.4 Å². The molecule has 0 spiro atoms. The number of carbonyl (C=O) groups is 2. The molecule has 0 aromatic carbocycles. The molecule has 134 valence electrons. The Kier molecular flexibility index (Phi) is 4.23. The number of aromatic carboxylic acids is 1. The number of carboxylic acid groups (broad SMARTS) is 1. The highest BCUT2D eigenvalue weighted by molar-refractivity contribution is 6.00. The van der Waals surface area contributed by atoms with Crippen molar-refractivity contribution in [3.05, 3.63) is 24.0 Å². The molecule has 1 aliphatic rings. The normalized spacial score (nSPS) is 15.5. The van der Waals surface area contributed by atoms with Crippen molar-refractivity contribution in [3.8, 4) is 0 Å². The predicted octanol–water partition coefficient (Wildman–Crippen LogP) is 1.48. The van der Waals surface area contributed by atoms with Gasteiger partial charge in [0.2, 0.25) is 0 Å². The SMILES string of the molecule is CC(C)(C)OC(=O)N1CCN(c2nn3cccnc3c2C(=O)O)CC1. The summed E-state index contributed by atoms with van der Waals surface area (Å²) in [6, 6.07) is 1.69. The van der Waals surface area contributed by atoms with Crippen molar-refractivity contribution in [1.82, 2.24) is 19.5 Å². The third-order valence-electron chi connectivity index (χ3n) is 3.82. The second kappa shape index (κ2) is 6.23. The summed E-state index contributed by atoms with van der Waals surface area (Å²) in [7, 11) is 0. The Hall–Kier alpha value is -2.84.